The molecule has 0 unspecified atom stereocenters. The highest BCUT2D eigenvalue weighted by Crippen LogP contribution is 2.25. The van der Waals surface area contributed by atoms with Gasteiger partial charge < -0.3 is 9.64 Å². The second-order valence-electron chi connectivity index (χ2n) is 5.99. The van der Waals surface area contributed by atoms with Gasteiger partial charge in [0.15, 0.2) is 5.78 Å². The minimum absolute atomic E-state index is 0.110. The smallest absolute Gasteiger partial charge is 0.165 e. The Balaban J connectivity index is 2.08. The Morgan fingerprint density at radius 3 is 2.74 bits per heavy atom. The SMILES string of the molecule is CC(C)(C)OCCN1CCCC(=O)c2ccccc21. The number of rotatable bonds is 3. The standard InChI is InChI=1S/C16H23NO2/c1-16(2,3)19-12-11-17-10-6-9-15(18)13-7-4-5-8-14(13)17/h4-5,7-8H,6,9-12H2,1-3H3. The zero-order chi connectivity index (χ0) is 13.9. The number of benzene rings is 1. The molecule has 2 rings (SSSR count). The van der Waals surface area contributed by atoms with Crippen molar-refractivity contribution in [2.24, 2.45) is 0 Å². The molecule has 0 atom stereocenters. The summed E-state index contributed by atoms with van der Waals surface area (Å²) in [7, 11) is 0. The molecular formula is C16H23NO2. The minimum atomic E-state index is -0.110. The van der Waals surface area contributed by atoms with E-state index in [2.05, 4.69) is 25.7 Å². The molecule has 19 heavy (non-hydrogen) atoms. The molecule has 1 heterocycles. The van der Waals surface area contributed by atoms with Crippen LogP contribution in [-0.2, 0) is 4.74 Å². The van der Waals surface area contributed by atoms with Gasteiger partial charge in [0.2, 0.25) is 0 Å². The third kappa shape index (κ3) is 3.80. The summed E-state index contributed by atoms with van der Waals surface area (Å²) in [5, 5.41) is 0. The van der Waals surface area contributed by atoms with Gasteiger partial charge in [-0.2, -0.15) is 0 Å². The summed E-state index contributed by atoms with van der Waals surface area (Å²) in [4.78, 5) is 14.3. The first-order valence-corrected chi connectivity index (χ1v) is 6.98. The van der Waals surface area contributed by atoms with Crippen LogP contribution in [0.2, 0.25) is 0 Å². The fourth-order valence-corrected chi connectivity index (χ4v) is 2.37. The van der Waals surface area contributed by atoms with Crippen LogP contribution in [0, 0.1) is 0 Å². The first kappa shape index (κ1) is 14.1. The number of ether oxygens (including phenoxy) is 1. The fourth-order valence-electron chi connectivity index (χ4n) is 2.37. The molecule has 104 valence electrons. The zero-order valence-electron chi connectivity index (χ0n) is 12.1. The Bertz CT molecular complexity index is 448. The van der Waals surface area contributed by atoms with Gasteiger partial charge in [0.05, 0.1) is 12.2 Å². The molecule has 3 heteroatoms. The number of anilines is 1. The van der Waals surface area contributed by atoms with Gasteiger partial charge in [-0.1, -0.05) is 12.1 Å². The number of nitrogens with zero attached hydrogens (tertiary/aromatic N) is 1. The Kier molecular flexibility index (Phi) is 4.25. The Morgan fingerprint density at radius 2 is 2.00 bits per heavy atom. The highest BCUT2D eigenvalue weighted by atomic mass is 16.5. The molecule has 3 nitrogen and oxygen atoms in total. The van der Waals surface area contributed by atoms with Gasteiger partial charge in [-0.15, -0.1) is 0 Å². The monoisotopic (exact) mass is 261 g/mol. The average molecular weight is 261 g/mol. The molecule has 0 N–H and O–H groups in total. The van der Waals surface area contributed by atoms with E-state index in [9.17, 15) is 4.79 Å². The van der Waals surface area contributed by atoms with Crippen molar-refractivity contribution in [3.8, 4) is 0 Å². The van der Waals surface area contributed by atoms with Crippen molar-refractivity contribution in [3.63, 3.8) is 0 Å². The first-order valence-electron chi connectivity index (χ1n) is 6.98. The van der Waals surface area contributed by atoms with Gasteiger partial charge in [0, 0.05) is 30.8 Å². The predicted molar refractivity (Wildman–Crippen MR) is 77.9 cm³/mol. The van der Waals surface area contributed by atoms with Gasteiger partial charge in [-0.05, 0) is 39.3 Å². The van der Waals surface area contributed by atoms with E-state index in [1.807, 2.05) is 24.3 Å². The quantitative estimate of drug-likeness (QED) is 0.836. The third-order valence-electron chi connectivity index (χ3n) is 3.27. The predicted octanol–water partition coefficient (Wildman–Crippen LogP) is 3.28. The van der Waals surface area contributed by atoms with E-state index in [1.54, 1.807) is 0 Å². The zero-order valence-corrected chi connectivity index (χ0v) is 12.1. The van der Waals surface area contributed by atoms with Gasteiger partial charge in [-0.25, -0.2) is 0 Å². The molecule has 0 aliphatic carbocycles. The molecule has 0 saturated heterocycles. The van der Waals surface area contributed by atoms with Crippen molar-refractivity contribution in [1.29, 1.82) is 0 Å². The summed E-state index contributed by atoms with van der Waals surface area (Å²) < 4.78 is 5.79. The van der Waals surface area contributed by atoms with Gasteiger partial charge in [-0.3, -0.25) is 4.79 Å². The van der Waals surface area contributed by atoms with E-state index in [0.717, 1.165) is 30.8 Å². The van der Waals surface area contributed by atoms with Crippen LogP contribution in [0.1, 0.15) is 44.0 Å². The maximum absolute atomic E-state index is 12.0. The van der Waals surface area contributed by atoms with Crippen LogP contribution in [0.5, 0.6) is 0 Å². The topological polar surface area (TPSA) is 29.5 Å². The number of hydrogen-bond donors (Lipinski definition) is 0. The van der Waals surface area contributed by atoms with Gasteiger partial charge in [0.25, 0.3) is 0 Å². The normalized spacial score (nSPS) is 16.2. The number of ketones is 1. The minimum Gasteiger partial charge on any atom is -0.374 e. The van der Waals surface area contributed by atoms with Crippen molar-refractivity contribution in [3.05, 3.63) is 29.8 Å². The van der Waals surface area contributed by atoms with E-state index < -0.39 is 0 Å². The molecule has 1 aliphatic rings. The largest absolute Gasteiger partial charge is 0.374 e. The molecule has 1 aliphatic heterocycles. The number of para-hydroxylation sites is 1. The second kappa shape index (κ2) is 5.74. The summed E-state index contributed by atoms with van der Waals surface area (Å²) in [6.07, 6.45) is 1.57. The summed E-state index contributed by atoms with van der Waals surface area (Å²) in [6.45, 7) is 8.64. The van der Waals surface area contributed by atoms with Crippen molar-refractivity contribution >= 4 is 11.5 Å². The first-order chi connectivity index (χ1) is 8.97. The Morgan fingerprint density at radius 1 is 1.26 bits per heavy atom. The number of carbonyl (C=O) groups excluding carboxylic acids is 1. The third-order valence-corrected chi connectivity index (χ3v) is 3.27. The van der Waals surface area contributed by atoms with E-state index in [1.165, 1.54) is 0 Å². The summed E-state index contributed by atoms with van der Waals surface area (Å²) >= 11 is 0. The molecule has 0 amide bonds. The average Bonchev–Trinajstić information content (AvgIpc) is 2.49. The maximum Gasteiger partial charge on any atom is 0.165 e. The lowest BCUT2D eigenvalue weighted by molar-refractivity contribution is 0.00136. The molecule has 0 radical (unpaired) electrons. The highest BCUT2D eigenvalue weighted by molar-refractivity contribution is 6.01. The van der Waals surface area contributed by atoms with Gasteiger partial charge >= 0.3 is 0 Å². The van der Waals surface area contributed by atoms with Crippen LogP contribution in [0.25, 0.3) is 0 Å². The van der Waals surface area contributed by atoms with Crippen molar-refractivity contribution in [2.45, 2.75) is 39.2 Å². The van der Waals surface area contributed by atoms with E-state index in [0.29, 0.717) is 13.0 Å². The summed E-state index contributed by atoms with van der Waals surface area (Å²) in [5.74, 6) is 0.259. The van der Waals surface area contributed by atoms with Crippen molar-refractivity contribution in [1.82, 2.24) is 0 Å². The lowest BCUT2D eigenvalue weighted by Crippen LogP contribution is -2.31. The number of hydrogen-bond acceptors (Lipinski definition) is 3. The molecule has 1 aromatic rings. The highest BCUT2D eigenvalue weighted by Gasteiger charge is 2.20. The number of Topliss-reactive ketones (excluding diaryl/α,β-unsaturated/α-hetero) is 1. The van der Waals surface area contributed by atoms with Crippen LogP contribution in [-0.4, -0.2) is 31.1 Å². The maximum atomic E-state index is 12.0. The second-order valence-corrected chi connectivity index (χ2v) is 5.99. The number of carbonyl (C=O) groups is 1. The van der Waals surface area contributed by atoms with Crippen LogP contribution < -0.4 is 4.90 Å². The van der Waals surface area contributed by atoms with Crippen LogP contribution in [0.15, 0.2) is 24.3 Å². The fraction of sp³-hybridized carbons (Fsp3) is 0.562. The Labute approximate surface area is 115 Å². The molecule has 0 aromatic heterocycles. The lowest BCUT2D eigenvalue weighted by atomic mass is 10.1. The molecule has 0 fully saturated rings. The lowest BCUT2D eigenvalue weighted by Gasteiger charge is -2.27. The van der Waals surface area contributed by atoms with Crippen LogP contribution in [0.3, 0.4) is 0 Å². The van der Waals surface area contributed by atoms with Crippen molar-refractivity contribution in [2.75, 3.05) is 24.6 Å². The van der Waals surface area contributed by atoms with E-state index >= 15 is 0 Å². The Hall–Kier alpha value is -1.35. The van der Waals surface area contributed by atoms with E-state index in [4.69, 9.17) is 4.74 Å². The van der Waals surface area contributed by atoms with Crippen LogP contribution >= 0.6 is 0 Å². The number of fused-ring (bicyclic) bond motifs is 1. The van der Waals surface area contributed by atoms with E-state index in [-0.39, 0.29) is 11.4 Å². The van der Waals surface area contributed by atoms with Crippen molar-refractivity contribution < 1.29 is 9.53 Å². The summed E-state index contributed by atoms with van der Waals surface area (Å²) in [5.41, 5.74) is 1.81. The molecular weight excluding hydrogens is 238 g/mol. The summed E-state index contributed by atoms with van der Waals surface area (Å²) in [6, 6.07) is 7.90. The molecule has 1 aromatic carbocycles. The molecule has 0 spiro atoms. The molecule has 0 bridgehead atoms. The van der Waals surface area contributed by atoms with Gasteiger partial charge in [0.1, 0.15) is 0 Å². The molecule has 0 saturated carbocycles. The van der Waals surface area contributed by atoms with Crippen LogP contribution in [0.4, 0.5) is 5.69 Å².